The summed E-state index contributed by atoms with van der Waals surface area (Å²) in [5, 5.41) is 14.3. The van der Waals surface area contributed by atoms with E-state index in [9.17, 15) is 14.7 Å². The van der Waals surface area contributed by atoms with E-state index in [2.05, 4.69) is 17.3 Å². The van der Waals surface area contributed by atoms with Gasteiger partial charge in [-0.3, -0.25) is 9.59 Å². The zero-order valence-electron chi connectivity index (χ0n) is 11.2. The number of benzene rings is 1. The Kier molecular flexibility index (Phi) is 2.51. The van der Waals surface area contributed by atoms with E-state index in [-0.39, 0.29) is 41.2 Å². The first-order chi connectivity index (χ1) is 10.1. The lowest BCUT2D eigenvalue weighted by Gasteiger charge is -2.13. The number of hydrogen-bond donors (Lipinski definition) is 1. The number of imide groups is 1. The van der Waals surface area contributed by atoms with Crippen LogP contribution in [-0.4, -0.2) is 28.1 Å². The van der Waals surface area contributed by atoms with Gasteiger partial charge in [0.2, 0.25) is 0 Å². The highest BCUT2D eigenvalue weighted by Gasteiger charge is 2.59. The van der Waals surface area contributed by atoms with E-state index in [4.69, 9.17) is 0 Å². The fraction of sp³-hybridized carbons (Fsp3) is 0.312. The van der Waals surface area contributed by atoms with E-state index in [1.54, 1.807) is 12.1 Å². The molecule has 21 heavy (non-hydrogen) atoms. The summed E-state index contributed by atoms with van der Waals surface area (Å²) in [5.41, 5.74) is 0.728. The molecule has 3 aliphatic rings. The molecule has 2 bridgehead atoms. The van der Waals surface area contributed by atoms with Crippen molar-refractivity contribution >= 4 is 18.0 Å². The molecule has 0 aromatic heterocycles. The molecule has 1 saturated heterocycles. The number of hydrogen-bond acceptors (Lipinski definition) is 4. The monoisotopic (exact) mass is 282 g/mol. The van der Waals surface area contributed by atoms with Gasteiger partial charge in [0.25, 0.3) is 11.8 Å². The first kappa shape index (κ1) is 12.3. The number of rotatable bonds is 2. The molecule has 1 aliphatic heterocycles. The largest absolute Gasteiger partial charge is 0.508 e. The van der Waals surface area contributed by atoms with Gasteiger partial charge in [0.05, 0.1) is 18.1 Å². The Balaban J connectivity index is 1.58. The zero-order valence-corrected chi connectivity index (χ0v) is 11.2. The molecule has 4 atom stereocenters. The smallest absolute Gasteiger partial charge is 0.254 e. The van der Waals surface area contributed by atoms with E-state index in [1.807, 2.05) is 0 Å². The molecule has 0 radical (unpaired) electrons. The molecule has 5 heteroatoms. The van der Waals surface area contributed by atoms with Crippen molar-refractivity contribution in [2.75, 3.05) is 0 Å². The number of phenolic OH excluding ortho intramolecular Hbond substituents is 1. The van der Waals surface area contributed by atoms with Crippen LogP contribution in [0.5, 0.6) is 5.75 Å². The standard InChI is InChI=1S/C16H14N2O3/c19-12-5-1-9(2-6-12)8-17-18-15(20)13-10-3-4-11(7-10)14(13)16(18)21/h1-6,8,10-11,13-14,19H,7H2/b17-8-/t10-,11-,13-,14-/m0/s1. The molecular formula is C16H14N2O3. The summed E-state index contributed by atoms with van der Waals surface area (Å²) < 4.78 is 0. The maximum absolute atomic E-state index is 12.4. The van der Waals surface area contributed by atoms with E-state index in [0.717, 1.165) is 17.0 Å². The topological polar surface area (TPSA) is 70.0 Å². The van der Waals surface area contributed by atoms with Gasteiger partial charge in [0.1, 0.15) is 5.75 Å². The fourth-order valence-corrected chi connectivity index (χ4v) is 3.69. The number of phenols is 1. The molecule has 106 valence electrons. The molecule has 1 N–H and O–H groups in total. The van der Waals surface area contributed by atoms with Crippen LogP contribution in [-0.2, 0) is 9.59 Å². The van der Waals surface area contributed by atoms with Crippen LogP contribution in [0.4, 0.5) is 0 Å². The number of hydrazone groups is 1. The van der Waals surface area contributed by atoms with Crippen LogP contribution in [0.3, 0.4) is 0 Å². The predicted molar refractivity (Wildman–Crippen MR) is 75.3 cm³/mol. The normalized spacial score (nSPS) is 33.4. The summed E-state index contributed by atoms with van der Waals surface area (Å²) in [7, 11) is 0. The molecule has 4 rings (SSSR count). The van der Waals surface area contributed by atoms with Crippen LogP contribution in [0.1, 0.15) is 12.0 Å². The van der Waals surface area contributed by atoms with Crippen LogP contribution in [0, 0.1) is 23.7 Å². The van der Waals surface area contributed by atoms with Crippen LogP contribution in [0.2, 0.25) is 0 Å². The van der Waals surface area contributed by atoms with Gasteiger partial charge in [0, 0.05) is 0 Å². The quantitative estimate of drug-likeness (QED) is 0.508. The molecule has 1 aromatic carbocycles. The van der Waals surface area contributed by atoms with Crippen molar-refractivity contribution in [2.45, 2.75) is 6.42 Å². The summed E-state index contributed by atoms with van der Waals surface area (Å²) in [4.78, 5) is 24.8. The lowest BCUT2D eigenvalue weighted by atomic mass is 9.85. The SMILES string of the molecule is O=C1[C@@H]2[C@@H](C(=O)N1/N=C\c1ccc(O)cc1)[C@H]1C=C[C@H]2C1. The molecule has 2 fully saturated rings. The Bertz CT molecular complexity index is 647. The summed E-state index contributed by atoms with van der Waals surface area (Å²) in [5.74, 6) is -0.240. The summed E-state index contributed by atoms with van der Waals surface area (Å²) in [6.07, 6.45) is 6.52. The minimum Gasteiger partial charge on any atom is -0.508 e. The van der Waals surface area contributed by atoms with Crippen molar-refractivity contribution in [2.24, 2.45) is 28.8 Å². The van der Waals surface area contributed by atoms with E-state index < -0.39 is 0 Å². The van der Waals surface area contributed by atoms with Gasteiger partial charge in [0.15, 0.2) is 0 Å². The Morgan fingerprint density at radius 3 is 2.19 bits per heavy atom. The van der Waals surface area contributed by atoms with Crippen LogP contribution < -0.4 is 0 Å². The molecule has 5 nitrogen and oxygen atoms in total. The Hall–Kier alpha value is -2.43. The molecule has 0 spiro atoms. The average Bonchev–Trinajstić information content (AvgIpc) is 3.14. The molecule has 2 amide bonds. The van der Waals surface area contributed by atoms with E-state index in [1.165, 1.54) is 18.3 Å². The number of carbonyl (C=O) groups excluding carboxylic acids is 2. The first-order valence-electron chi connectivity index (χ1n) is 7.04. The summed E-state index contributed by atoms with van der Waals surface area (Å²) in [6, 6.07) is 6.42. The van der Waals surface area contributed by atoms with Gasteiger partial charge in [-0.05, 0) is 48.1 Å². The van der Waals surface area contributed by atoms with Gasteiger partial charge in [-0.15, -0.1) is 0 Å². The molecule has 1 aromatic rings. The fourth-order valence-electron chi connectivity index (χ4n) is 3.69. The number of amides is 2. The molecule has 0 unspecified atom stereocenters. The number of carbonyl (C=O) groups is 2. The van der Waals surface area contributed by atoms with Crippen molar-refractivity contribution in [1.29, 1.82) is 0 Å². The molecule has 1 saturated carbocycles. The van der Waals surface area contributed by atoms with Gasteiger partial charge in [-0.25, -0.2) is 0 Å². The molecule has 1 heterocycles. The number of nitrogens with zero attached hydrogens (tertiary/aromatic N) is 2. The first-order valence-corrected chi connectivity index (χ1v) is 7.04. The molecular weight excluding hydrogens is 268 g/mol. The highest BCUT2D eigenvalue weighted by molar-refractivity contribution is 6.06. The third kappa shape index (κ3) is 1.73. The Morgan fingerprint density at radius 1 is 1.05 bits per heavy atom. The van der Waals surface area contributed by atoms with Gasteiger partial charge >= 0.3 is 0 Å². The Labute approximate surface area is 121 Å². The number of aromatic hydroxyl groups is 1. The predicted octanol–water partition coefficient (Wildman–Crippen LogP) is 1.53. The minimum absolute atomic E-state index is 0.164. The molecule has 2 aliphatic carbocycles. The van der Waals surface area contributed by atoms with Gasteiger partial charge in [-0.2, -0.15) is 10.1 Å². The van der Waals surface area contributed by atoms with Crippen molar-refractivity contribution in [1.82, 2.24) is 5.01 Å². The third-order valence-electron chi connectivity index (χ3n) is 4.66. The summed E-state index contributed by atoms with van der Waals surface area (Å²) in [6.45, 7) is 0. The van der Waals surface area contributed by atoms with Crippen LogP contribution in [0.25, 0.3) is 0 Å². The minimum atomic E-state index is -0.218. The second-order valence-corrected chi connectivity index (χ2v) is 5.82. The Morgan fingerprint density at radius 2 is 1.62 bits per heavy atom. The lowest BCUT2D eigenvalue weighted by Crippen LogP contribution is -2.28. The number of allylic oxidation sites excluding steroid dienone is 2. The zero-order chi connectivity index (χ0) is 14.6. The van der Waals surface area contributed by atoms with Crippen molar-refractivity contribution in [3.63, 3.8) is 0 Å². The van der Waals surface area contributed by atoms with Crippen molar-refractivity contribution < 1.29 is 14.7 Å². The second-order valence-electron chi connectivity index (χ2n) is 5.82. The van der Waals surface area contributed by atoms with Crippen molar-refractivity contribution in [3.05, 3.63) is 42.0 Å². The van der Waals surface area contributed by atoms with E-state index in [0.29, 0.717) is 0 Å². The second kappa shape index (κ2) is 4.28. The highest BCUT2D eigenvalue weighted by atomic mass is 16.3. The maximum Gasteiger partial charge on any atom is 0.254 e. The van der Waals surface area contributed by atoms with Crippen LogP contribution in [0.15, 0.2) is 41.5 Å². The lowest BCUT2D eigenvalue weighted by molar-refractivity contribution is -0.140. The average molecular weight is 282 g/mol. The van der Waals surface area contributed by atoms with Gasteiger partial charge in [-0.1, -0.05) is 12.2 Å². The van der Waals surface area contributed by atoms with Gasteiger partial charge < -0.3 is 5.11 Å². The number of fused-ring (bicyclic) bond motifs is 5. The van der Waals surface area contributed by atoms with E-state index >= 15 is 0 Å². The highest BCUT2D eigenvalue weighted by Crippen LogP contribution is 2.52. The van der Waals surface area contributed by atoms with Crippen molar-refractivity contribution in [3.8, 4) is 5.75 Å². The maximum atomic E-state index is 12.4. The summed E-state index contributed by atoms with van der Waals surface area (Å²) >= 11 is 0. The third-order valence-corrected chi connectivity index (χ3v) is 4.66. The van der Waals surface area contributed by atoms with Crippen LogP contribution >= 0.6 is 0 Å².